The molecule has 134 valence electrons. The number of methoxy groups -OCH3 is 1. The Bertz CT molecular complexity index is 680. The van der Waals surface area contributed by atoms with Crippen molar-refractivity contribution in [3.05, 3.63) is 30.1 Å². The second-order valence-corrected chi connectivity index (χ2v) is 6.07. The van der Waals surface area contributed by atoms with E-state index in [1.807, 2.05) is 4.68 Å². The number of hydrogen-bond donors (Lipinski definition) is 1. The van der Waals surface area contributed by atoms with Crippen LogP contribution in [-0.2, 0) is 11.3 Å². The molecule has 0 bridgehead atoms. The number of nitrogens with one attached hydrogen (secondary N) is 1. The highest BCUT2D eigenvalue weighted by molar-refractivity contribution is 5.77. The average molecular weight is 345 g/mol. The molecule has 0 unspecified atom stereocenters. The second kappa shape index (κ2) is 8.46. The lowest BCUT2D eigenvalue weighted by molar-refractivity contribution is -0.123. The summed E-state index contributed by atoms with van der Waals surface area (Å²) in [6.45, 7) is 0.242. The molecule has 1 aliphatic rings. The van der Waals surface area contributed by atoms with E-state index in [1.165, 1.54) is 19.3 Å². The molecule has 1 saturated carbocycles. The molecular weight excluding hydrogens is 322 g/mol. The highest BCUT2D eigenvalue weighted by atomic mass is 16.5. The Morgan fingerprint density at radius 2 is 1.92 bits per heavy atom. The van der Waals surface area contributed by atoms with Crippen molar-refractivity contribution in [1.29, 1.82) is 0 Å². The number of carbonyl (C=O) groups is 1. The standard InChI is InChI=1S/C17H23N5O3/c1-24-14-7-9-15(10-8-14)25-12-17(23)18-11-16-19-20-21-22(16)13-5-3-2-4-6-13/h7-10,13H,2-6,11-12H2,1H3,(H,18,23). The lowest BCUT2D eigenvalue weighted by Crippen LogP contribution is -2.30. The number of tetrazole rings is 1. The van der Waals surface area contributed by atoms with Gasteiger partial charge in [-0.1, -0.05) is 19.3 Å². The topological polar surface area (TPSA) is 91.2 Å². The van der Waals surface area contributed by atoms with Crippen LogP contribution >= 0.6 is 0 Å². The predicted octanol–water partition coefficient (Wildman–Crippen LogP) is 1.88. The summed E-state index contributed by atoms with van der Waals surface area (Å²) in [5, 5.41) is 14.7. The van der Waals surface area contributed by atoms with Crippen molar-refractivity contribution in [2.75, 3.05) is 13.7 Å². The van der Waals surface area contributed by atoms with Crippen molar-refractivity contribution in [1.82, 2.24) is 25.5 Å². The van der Waals surface area contributed by atoms with Crippen LogP contribution in [-0.4, -0.2) is 39.8 Å². The van der Waals surface area contributed by atoms with Crippen molar-refractivity contribution >= 4 is 5.91 Å². The molecule has 0 spiro atoms. The molecule has 0 atom stereocenters. The Balaban J connectivity index is 1.46. The fourth-order valence-electron chi connectivity index (χ4n) is 2.99. The maximum absolute atomic E-state index is 12.0. The number of aromatic nitrogens is 4. The Morgan fingerprint density at radius 3 is 2.64 bits per heavy atom. The van der Waals surface area contributed by atoms with Crippen LogP contribution in [0.15, 0.2) is 24.3 Å². The lowest BCUT2D eigenvalue weighted by Gasteiger charge is -2.22. The number of rotatable bonds is 7. The molecule has 0 saturated heterocycles. The predicted molar refractivity (Wildman–Crippen MR) is 90.3 cm³/mol. The monoisotopic (exact) mass is 345 g/mol. The first-order valence-corrected chi connectivity index (χ1v) is 8.56. The third-order valence-corrected chi connectivity index (χ3v) is 4.35. The van der Waals surface area contributed by atoms with Crippen molar-refractivity contribution in [3.8, 4) is 11.5 Å². The summed E-state index contributed by atoms with van der Waals surface area (Å²) in [6, 6.07) is 7.42. The molecule has 2 aromatic rings. The number of benzene rings is 1. The van der Waals surface area contributed by atoms with E-state index in [1.54, 1.807) is 31.4 Å². The van der Waals surface area contributed by atoms with Crippen LogP contribution in [0.4, 0.5) is 0 Å². The fourth-order valence-corrected chi connectivity index (χ4v) is 2.99. The number of ether oxygens (including phenoxy) is 2. The Labute approximate surface area is 146 Å². The quantitative estimate of drug-likeness (QED) is 0.824. The van der Waals surface area contributed by atoms with Gasteiger partial charge in [-0.25, -0.2) is 4.68 Å². The third-order valence-electron chi connectivity index (χ3n) is 4.35. The third kappa shape index (κ3) is 4.68. The van der Waals surface area contributed by atoms with Crippen LogP contribution in [0.25, 0.3) is 0 Å². The molecule has 1 heterocycles. The minimum atomic E-state index is -0.214. The maximum Gasteiger partial charge on any atom is 0.258 e. The smallest absolute Gasteiger partial charge is 0.258 e. The van der Waals surface area contributed by atoms with Crippen LogP contribution in [0.3, 0.4) is 0 Å². The largest absolute Gasteiger partial charge is 0.497 e. The van der Waals surface area contributed by atoms with E-state index in [2.05, 4.69) is 20.8 Å². The summed E-state index contributed by atoms with van der Waals surface area (Å²) in [5.41, 5.74) is 0. The fraction of sp³-hybridized carbons (Fsp3) is 0.529. The molecule has 1 N–H and O–H groups in total. The van der Waals surface area contributed by atoms with E-state index in [0.29, 0.717) is 24.2 Å². The van der Waals surface area contributed by atoms with Gasteiger partial charge in [0.1, 0.15) is 11.5 Å². The molecule has 3 rings (SSSR count). The van der Waals surface area contributed by atoms with Gasteiger partial charge in [0.05, 0.1) is 19.7 Å². The van der Waals surface area contributed by atoms with E-state index in [9.17, 15) is 4.79 Å². The van der Waals surface area contributed by atoms with Gasteiger partial charge in [-0.3, -0.25) is 4.79 Å². The minimum absolute atomic E-state index is 0.0582. The van der Waals surface area contributed by atoms with Gasteiger partial charge in [0.25, 0.3) is 5.91 Å². The average Bonchev–Trinajstić information content (AvgIpc) is 3.14. The normalized spacial score (nSPS) is 14.9. The highest BCUT2D eigenvalue weighted by Gasteiger charge is 2.20. The van der Waals surface area contributed by atoms with E-state index < -0.39 is 0 Å². The number of amides is 1. The Kier molecular flexibility index (Phi) is 5.81. The maximum atomic E-state index is 12.0. The summed E-state index contributed by atoms with van der Waals surface area (Å²) >= 11 is 0. The minimum Gasteiger partial charge on any atom is -0.497 e. The van der Waals surface area contributed by atoms with Gasteiger partial charge < -0.3 is 14.8 Å². The highest BCUT2D eigenvalue weighted by Crippen LogP contribution is 2.27. The molecule has 1 aromatic heterocycles. The van der Waals surface area contributed by atoms with E-state index >= 15 is 0 Å². The number of carbonyl (C=O) groups excluding carboxylic acids is 1. The Morgan fingerprint density at radius 1 is 1.20 bits per heavy atom. The first kappa shape index (κ1) is 17.2. The van der Waals surface area contributed by atoms with Crippen LogP contribution in [0.5, 0.6) is 11.5 Å². The van der Waals surface area contributed by atoms with Gasteiger partial charge >= 0.3 is 0 Å². The molecule has 1 amide bonds. The summed E-state index contributed by atoms with van der Waals surface area (Å²) in [7, 11) is 1.60. The van der Waals surface area contributed by atoms with E-state index in [0.717, 1.165) is 18.6 Å². The van der Waals surface area contributed by atoms with Crippen molar-refractivity contribution in [2.45, 2.75) is 44.7 Å². The number of nitrogens with zero attached hydrogens (tertiary/aromatic N) is 4. The molecule has 1 aliphatic carbocycles. The molecule has 1 fully saturated rings. The van der Waals surface area contributed by atoms with E-state index in [4.69, 9.17) is 9.47 Å². The zero-order chi connectivity index (χ0) is 17.5. The van der Waals surface area contributed by atoms with Gasteiger partial charge in [-0.15, -0.1) is 5.10 Å². The lowest BCUT2D eigenvalue weighted by atomic mass is 9.96. The van der Waals surface area contributed by atoms with Crippen molar-refractivity contribution in [3.63, 3.8) is 0 Å². The first-order valence-electron chi connectivity index (χ1n) is 8.56. The van der Waals surface area contributed by atoms with E-state index in [-0.39, 0.29) is 12.5 Å². The number of hydrogen-bond acceptors (Lipinski definition) is 6. The molecular formula is C17H23N5O3. The first-order chi connectivity index (χ1) is 12.3. The van der Waals surface area contributed by atoms with Crippen molar-refractivity contribution < 1.29 is 14.3 Å². The molecule has 0 radical (unpaired) electrons. The molecule has 8 nitrogen and oxygen atoms in total. The van der Waals surface area contributed by atoms with Gasteiger partial charge in [-0.2, -0.15) is 0 Å². The zero-order valence-electron chi connectivity index (χ0n) is 14.4. The van der Waals surface area contributed by atoms with Crippen LogP contribution in [0.2, 0.25) is 0 Å². The van der Waals surface area contributed by atoms with Gasteiger partial charge in [0.2, 0.25) is 0 Å². The zero-order valence-corrected chi connectivity index (χ0v) is 14.4. The van der Waals surface area contributed by atoms with Gasteiger partial charge in [-0.05, 0) is 47.5 Å². The van der Waals surface area contributed by atoms with Crippen LogP contribution in [0, 0.1) is 0 Å². The molecule has 8 heteroatoms. The van der Waals surface area contributed by atoms with Gasteiger partial charge in [0, 0.05) is 0 Å². The second-order valence-electron chi connectivity index (χ2n) is 6.07. The van der Waals surface area contributed by atoms with Crippen LogP contribution in [0.1, 0.15) is 44.0 Å². The molecule has 0 aliphatic heterocycles. The van der Waals surface area contributed by atoms with Crippen molar-refractivity contribution in [2.24, 2.45) is 0 Å². The summed E-state index contributed by atoms with van der Waals surface area (Å²) in [5.74, 6) is 1.83. The molecule has 1 aromatic carbocycles. The summed E-state index contributed by atoms with van der Waals surface area (Å²) in [4.78, 5) is 12.0. The van der Waals surface area contributed by atoms with Gasteiger partial charge in [0.15, 0.2) is 12.4 Å². The SMILES string of the molecule is COc1ccc(OCC(=O)NCc2nnnn2C2CCCCC2)cc1. The van der Waals surface area contributed by atoms with Crippen LogP contribution < -0.4 is 14.8 Å². The Hall–Kier alpha value is -2.64. The summed E-state index contributed by atoms with van der Waals surface area (Å²) < 4.78 is 12.4. The molecule has 25 heavy (non-hydrogen) atoms. The summed E-state index contributed by atoms with van der Waals surface area (Å²) in [6.07, 6.45) is 5.85.